The molecule has 1 atom stereocenters. The van der Waals surface area contributed by atoms with E-state index in [-0.39, 0.29) is 17.1 Å². The maximum absolute atomic E-state index is 11.8. The van der Waals surface area contributed by atoms with Gasteiger partial charge in [-0.05, 0) is 33.1 Å². The summed E-state index contributed by atoms with van der Waals surface area (Å²) in [5.41, 5.74) is 0.112. The van der Waals surface area contributed by atoms with E-state index in [0.29, 0.717) is 13.0 Å². The molecule has 1 unspecified atom stereocenters. The Morgan fingerprint density at radius 1 is 1.28 bits per heavy atom. The van der Waals surface area contributed by atoms with Gasteiger partial charge in [0.15, 0.2) is 0 Å². The Morgan fingerprint density at radius 2 is 1.94 bits per heavy atom. The average molecular weight is 254 g/mol. The molecule has 3 N–H and O–H groups in total. The number of nitrogens with one attached hydrogen (secondary N) is 2. The summed E-state index contributed by atoms with van der Waals surface area (Å²) in [6, 6.07) is -0.573. The molecule has 6 heteroatoms. The predicted octanol–water partition coefficient (Wildman–Crippen LogP) is 0.192. The summed E-state index contributed by atoms with van der Waals surface area (Å²) in [4.78, 5) is 34.2. The number of hydrogen-bond acceptors (Lipinski definition) is 3. The molecule has 18 heavy (non-hydrogen) atoms. The minimum Gasteiger partial charge on any atom is -0.478 e. The molecule has 0 aromatic heterocycles. The van der Waals surface area contributed by atoms with Crippen molar-refractivity contribution in [1.82, 2.24) is 10.6 Å². The zero-order chi connectivity index (χ0) is 13.7. The third-order valence-corrected chi connectivity index (χ3v) is 3.06. The van der Waals surface area contributed by atoms with Crippen LogP contribution in [0.5, 0.6) is 0 Å². The van der Waals surface area contributed by atoms with Crippen molar-refractivity contribution >= 4 is 17.8 Å². The number of carboxylic acid groups (broad SMARTS) is 1. The molecule has 1 saturated heterocycles. The largest absolute Gasteiger partial charge is 0.478 e. The molecule has 0 aromatic carbocycles. The van der Waals surface area contributed by atoms with Gasteiger partial charge in [0.25, 0.3) is 0 Å². The van der Waals surface area contributed by atoms with Crippen molar-refractivity contribution < 1.29 is 19.5 Å². The van der Waals surface area contributed by atoms with E-state index < -0.39 is 17.9 Å². The van der Waals surface area contributed by atoms with E-state index in [1.807, 2.05) is 0 Å². The van der Waals surface area contributed by atoms with Crippen LogP contribution in [-0.2, 0) is 14.4 Å². The summed E-state index contributed by atoms with van der Waals surface area (Å²) in [5.74, 6) is -1.84. The lowest BCUT2D eigenvalue weighted by molar-refractivity contribution is -0.133. The van der Waals surface area contributed by atoms with E-state index in [4.69, 9.17) is 5.11 Å². The fourth-order valence-electron chi connectivity index (χ4n) is 1.67. The standard InChI is InChI=1S/C12H18N2O4/c1-7(8(2)12(17)18)10(15)14-9-5-3-4-6-13-11(9)16/h9H,3-6H2,1-2H3,(H,13,16)(H,14,15)(H,17,18). The lowest BCUT2D eigenvalue weighted by Gasteiger charge is -2.15. The highest BCUT2D eigenvalue weighted by Gasteiger charge is 2.23. The molecular formula is C12H18N2O4. The van der Waals surface area contributed by atoms with Crippen molar-refractivity contribution in [3.05, 3.63) is 11.1 Å². The van der Waals surface area contributed by atoms with Crippen LogP contribution in [0.3, 0.4) is 0 Å². The van der Waals surface area contributed by atoms with Crippen LogP contribution in [0.15, 0.2) is 11.1 Å². The lowest BCUT2D eigenvalue weighted by atomic mass is 10.1. The molecule has 1 rings (SSSR count). The Balaban J connectivity index is 2.72. The van der Waals surface area contributed by atoms with Crippen molar-refractivity contribution in [2.24, 2.45) is 0 Å². The molecule has 6 nitrogen and oxygen atoms in total. The smallest absolute Gasteiger partial charge is 0.331 e. The number of carbonyl (C=O) groups is 3. The quantitative estimate of drug-likeness (QED) is 0.627. The molecule has 1 aliphatic rings. The molecule has 1 aliphatic heterocycles. The first-order valence-electron chi connectivity index (χ1n) is 5.93. The number of rotatable bonds is 3. The summed E-state index contributed by atoms with van der Waals surface area (Å²) in [7, 11) is 0. The number of carbonyl (C=O) groups excluding carboxylic acids is 2. The second-order valence-electron chi connectivity index (χ2n) is 4.37. The lowest BCUT2D eigenvalue weighted by Crippen LogP contribution is -2.45. The Kier molecular flexibility index (Phi) is 4.88. The third kappa shape index (κ3) is 3.58. The second-order valence-corrected chi connectivity index (χ2v) is 4.37. The summed E-state index contributed by atoms with van der Waals surface area (Å²) < 4.78 is 0. The summed E-state index contributed by atoms with van der Waals surface area (Å²) in [6.45, 7) is 3.42. The topological polar surface area (TPSA) is 95.5 Å². The van der Waals surface area contributed by atoms with Gasteiger partial charge in [-0.25, -0.2) is 4.79 Å². The normalized spacial score (nSPS) is 21.4. The highest BCUT2D eigenvalue weighted by Crippen LogP contribution is 2.08. The molecule has 0 saturated carbocycles. The van der Waals surface area contributed by atoms with Gasteiger partial charge in [-0.2, -0.15) is 0 Å². The van der Waals surface area contributed by atoms with E-state index in [0.717, 1.165) is 12.8 Å². The van der Waals surface area contributed by atoms with Gasteiger partial charge in [-0.3, -0.25) is 9.59 Å². The van der Waals surface area contributed by atoms with Crippen LogP contribution >= 0.6 is 0 Å². The van der Waals surface area contributed by atoms with Crippen LogP contribution in [0.4, 0.5) is 0 Å². The van der Waals surface area contributed by atoms with E-state index in [2.05, 4.69) is 10.6 Å². The van der Waals surface area contributed by atoms with Gasteiger partial charge in [-0.15, -0.1) is 0 Å². The predicted molar refractivity (Wildman–Crippen MR) is 64.8 cm³/mol. The average Bonchev–Trinajstić information content (AvgIpc) is 2.53. The van der Waals surface area contributed by atoms with Gasteiger partial charge in [0.1, 0.15) is 6.04 Å². The molecular weight excluding hydrogens is 236 g/mol. The van der Waals surface area contributed by atoms with Gasteiger partial charge in [0, 0.05) is 17.7 Å². The number of amides is 2. The highest BCUT2D eigenvalue weighted by atomic mass is 16.4. The van der Waals surface area contributed by atoms with Crippen molar-refractivity contribution in [2.75, 3.05) is 6.54 Å². The van der Waals surface area contributed by atoms with Crippen molar-refractivity contribution in [1.29, 1.82) is 0 Å². The molecule has 0 spiro atoms. The minimum absolute atomic E-state index is 0.0125. The molecule has 1 fully saturated rings. The monoisotopic (exact) mass is 254 g/mol. The van der Waals surface area contributed by atoms with Crippen LogP contribution in [0.25, 0.3) is 0 Å². The van der Waals surface area contributed by atoms with Crippen molar-refractivity contribution in [3.8, 4) is 0 Å². The molecule has 1 heterocycles. The first kappa shape index (κ1) is 14.2. The zero-order valence-electron chi connectivity index (χ0n) is 10.6. The Labute approximate surface area is 105 Å². The minimum atomic E-state index is -1.13. The first-order chi connectivity index (χ1) is 8.43. The number of carboxylic acids is 1. The maximum atomic E-state index is 11.8. The van der Waals surface area contributed by atoms with Gasteiger partial charge < -0.3 is 15.7 Å². The van der Waals surface area contributed by atoms with Gasteiger partial charge in [-0.1, -0.05) is 0 Å². The maximum Gasteiger partial charge on any atom is 0.331 e. The summed E-state index contributed by atoms with van der Waals surface area (Å²) in [6.07, 6.45) is 2.32. The van der Waals surface area contributed by atoms with Gasteiger partial charge >= 0.3 is 5.97 Å². The number of hydrogen-bond donors (Lipinski definition) is 3. The van der Waals surface area contributed by atoms with E-state index in [1.54, 1.807) is 0 Å². The van der Waals surface area contributed by atoms with Gasteiger partial charge in [0.05, 0.1) is 0 Å². The highest BCUT2D eigenvalue weighted by molar-refractivity contribution is 6.02. The first-order valence-corrected chi connectivity index (χ1v) is 5.93. The van der Waals surface area contributed by atoms with Crippen molar-refractivity contribution in [2.45, 2.75) is 39.2 Å². The molecule has 0 radical (unpaired) electrons. The molecule has 0 aromatic rings. The molecule has 0 aliphatic carbocycles. The van der Waals surface area contributed by atoms with Crippen molar-refractivity contribution in [3.63, 3.8) is 0 Å². The van der Waals surface area contributed by atoms with Crippen LogP contribution in [-0.4, -0.2) is 35.5 Å². The third-order valence-electron chi connectivity index (χ3n) is 3.06. The van der Waals surface area contributed by atoms with E-state index in [1.165, 1.54) is 13.8 Å². The van der Waals surface area contributed by atoms with Crippen LogP contribution in [0, 0.1) is 0 Å². The fraction of sp³-hybridized carbons (Fsp3) is 0.583. The van der Waals surface area contributed by atoms with Crippen LogP contribution < -0.4 is 10.6 Å². The van der Waals surface area contributed by atoms with Gasteiger partial charge in [0.2, 0.25) is 11.8 Å². The number of aliphatic carboxylic acids is 1. The fourth-order valence-corrected chi connectivity index (χ4v) is 1.67. The molecule has 100 valence electrons. The van der Waals surface area contributed by atoms with E-state index >= 15 is 0 Å². The van der Waals surface area contributed by atoms with Crippen LogP contribution in [0.2, 0.25) is 0 Å². The zero-order valence-corrected chi connectivity index (χ0v) is 10.6. The van der Waals surface area contributed by atoms with E-state index in [9.17, 15) is 14.4 Å². The second kappa shape index (κ2) is 6.18. The summed E-state index contributed by atoms with van der Waals surface area (Å²) >= 11 is 0. The Hall–Kier alpha value is -1.85. The molecule has 0 bridgehead atoms. The molecule has 2 amide bonds. The van der Waals surface area contributed by atoms with Crippen LogP contribution in [0.1, 0.15) is 33.1 Å². The SMILES string of the molecule is CC(C(=O)O)=C(C)C(=O)NC1CCCCNC1=O. The Bertz CT molecular complexity index is 401. The summed E-state index contributed by atoms with van der Waals surface area (Å²) in [5, 5.41) is 14.1. The Morgan fingerprint density at radius 3 is 2.56 bits per heavy atom.